The Labute approximate surface area is 110 Å². The van der Waals surface area contributed by atoms with E-state index in [1.165, 1.54) is 0 Å². The van der Waals surface area contributed by atoms with Gasteiger partial charge in [0.05, 0.1) is 17.3 Å². The van der Waals surface area contributed by atoms with Crippen molar-refractivity contribution in [2.24, 2.45) is 0 Å². The summed E-state index contributed by atoms with van der Waals surface area (Å²) in [4.78, 5) is 10.4. The number of aliphatic carboxylic acids is 1. The van der Waals surface area contributed by atoms with Crippen molar-refractivity contribution in [2.45, 2.75) is 19.4 Å². The van der Waals surface area contributed by atoms with Crippen molar-refractivity contribution < 1.29 is 9.90 Å². The molecule has 4 N–H and O–H groups in total. The van der Waals surface area contributed by atoms with Gasteiger partial charge in [-0.1, -0.05) is 23.2 Å². The van der Waals surface area contributed by atoms with E-state index in [1.54, 1.807) is 12.1 Å². The zero-order valence-electron chi connectivity index (χ0n) is 9.34. The number of nitrogen functional groups attached to an aromatic ring is 1. The van der Waals surface area contributed by atoms with E-state index in [4.69, 9.17) is 34.0 Å². The fourth-order valence-corrected chi connectivity index (χ4v) is 1.88. The Morgan fingerprint density at radius 3 is 2.65 bits per heavy atom. The molecular formula is C11H14Cl2N2O2. The lowest BCUT2D eigenvalue weighted by Gasteiger charge is -2.15. The van der Waals surface area contributed by atoms with Gasteiger partial charge in [-0.05, 0) is 31.0 Å². The van der Waals surface area contributed by atoms with Crippen molar-refractivity contribution in [1.82, 2.24) is 5.32 Å². The molecule has 0 amide bonds. The first-order valence-corrected chi connectivity index (χ1v) is 5.85. The lowest BCUT2D eigenvalue weighted by atomic mass is 10.1. The Morgan fingerprint density at radius 2 is 2.06 bits per heavy atom. The van der Waals surface area contributed by atoms with Crippen LogP contribution in [0, 0.1) is 0 Å². The van der Waals surface area contributed by atoms with Crippen molar-refractivity contribution in [3.05, 3.63) is 27.7 Å². The average Bonchev–Trinajstić information content (AvgIpc) is 2.27. The molecule has 1 unspecified atom stereocenters. The first-order valence-electron chi connectivity index (χ1n) is 5.09. The summed E-state index contributed by atoms with van der Waals surface area (Å²) >= 11 is 11.9. The molecule has 0 radical (unpaired) electrons. The number of rotatable bonds is 5. The minimum absolute atomic E-state index is 0.0515. The Kier molecular flexibility index (Phi) is 5.05. The molecule has 0 aromatic heterocycles. The third kappa shape index (κ3) is 4.07. The SMILES string of the molecule is CC(Cc1c(Cl)ccc(Cl)c1N)NCC(=O)O. The molecule has 1 atom stereocenters. The van der Waals surface area contributed by atoms with Crippen molar-refractivity contribution in [1.29, 1.82) is 0 Å². The van der Waals surface area contributed by atoms with E-state index in [0.717, 1.165) is 5.56 Å². The van der Waals surface area contributed by atoms with E-state index in [2.05, 4.69) is 5.32 Å². The highest BCUT2D eigenvalue weighted by molar-refractivity contribution is 6.35. The molecule has 0 heterocycles. The van der Waals surface area contributed by atoms with Gasteiger partial charge in [0.15, 0.2) is 0 Å². The number of benzene rings is 1. The monoisotopic (exact) mass is 276 g/mol. The first kappa shape index (κ1) is 14.1. The molecule has 6 heteroatoms. The third-order valence-corrected chi connectivity index (χ3v) is 3.04. The van der Waals surface area contributed by atoms with Crippen molar-refractivity contribution in [3.63, 3.8) is 0 Å². The maximum absolute atomic E-state index is 10.4. The zero-order chi connectivity index (χ0) is 13.0. The first-order chi connectivity index (χ1) is 7.91. The molecular weight excluding hydrogens is 263 g/mol. The maximum atomic E-state index is 10.4. The van der Waals surface area contributed by atoms with E-state index in [9.17, 15) is 4.79 Å². The molecule has 0 fully saturated rings. The van der Waals surface area contributed by atoms with Gasteiger partial charge in [0, 0.05) is 11.1 Å². The van der Waals surface area contributed by atoms with Crippen LogP contribution in [0.4, 0.5) is 5.69 Å². The molecule has 0 saturated carbocycles. The number of halogens is 2. The van der Waals surface area contributed by atoms with E-state index < -0.39 is 5.97 Å². The number of hydrogen-bond acceptors (Lipinski definition) is 3. The zero-order valence-corrected chi connectivity index (χ0v) is 10.8. The fraction of sp³-hybridized carbons (Fsp3) is 0.364. The van der Waals surface area contributed by atoms with Crippen molar-refractivity contribution in [3.8, 4) is 0 Å². The number of carboxylic acid groups (broad SMARTS) is 1. The summed E-state index contributed by atoms with van der Waals surface area (Å²) in [7, 11) is 0. The summed E-state index contributed by atoms with van der Waals surface area (Å²) < 4.78 is 0. The van der Waals surface area contributed by atoms with Crippen LogP contribution in [0.3, 0.4) is 0 Å². The quantitative estimate of drug-likeness (QED) is 0.721. The number of anilines is 1. The minimum Gasteiger partial charge on any atom is -0.480 e. The lowest BCUT2D eigenvalue weighted by molar-refractivity contribution is -0.136. The summed E-state index contributed by atoms with van der Waals surface area (Å²) in [6, 6.07) is 3.27. The van der Waals surface area contributed by atoms with Crippen LogP contribution >= 0.6 is 23.2 Å². The summed E-state index contributed by atoms with van der Waals surface area (Å²) in [5, 5.41) is 12.4. The molecule has 0 bridgehead atoms. The molecule has 94 valence electrons. The number of nitrogens with two attached hydrogens (primary N) is 1. The highest BCUT2D eigenvalue weighted by atomic mass is 35.5. The normalized spacial score (nSPS) is 12.4. The Morgan fingerprint density at radius 1 is 1.47 bits per heavy atom. The van der Waals surface area contributed by atoms with Gasteiger partial charge in [0.2, 0.25) is 0 Å². The van der Waals surface area contributed by atoms with Gasteiger partial charge in [-0.25, -0.2) is 0 Å². The second kappa shape index (κ2) is 6.10. The third-order valence-electron chi connectivity index (χ3n) is 2.36. The van der Waals surface area contributed by atoms with Crippen molar-refractivity contribution >= 4 is 34.9 Å². The van der Waals surface area contributed by atoms with E-state index in [-0.39, 0.29) is 12.6 Å². The van der Waals surface area contributed by atoms with Crippen LogP contribution in [0.5, 0.6) is 0 Å². The number of nitrogens with one attached hydrogen (secondary N) is 1. The highest BCUT2D eigenvalue weighted by Gasteiger charge is 2.12. The van der Waals surface area contributed by atoms with Crippen LogP contribution in [0.15, 0.2) is 12.1 Å². The van der Waals surface area contributed by atoms with Crippen LogP contribution in [-0.4, -0.2) is 23.7 Å². The summed E-state index contributed by atoms with van der Waals surface area (Å²) in [5.41, 5.74) is 7.01. The van der Waals surface area contributed by atoms with E-state index in [1.807, 2.05) is 6.92 Å². The van der Waals surface area contributed by atoms with Gasteiger partial charge in [0.1, 0.15) is 0 Å². The van der Waals surface area contributed by atoms with E-state index in [0.29, 0.717) is 22.2 Å². The second-order valence-corrected chi connectivity index (χ2v) is 4.62. The predicted molar refractivity (Wildman–Crippen MR) is 69.7 cm³/mol. The van der Waals surface area contributed by atoms with Gasteiger partial charge < -0.3 is 16.2 Å². The summed E-state index contributed by atoms with van der Waals surface area (Å²) in [5.74, 6) is -0.901. The molecule has 4 nitrogen and oxygen atoms in total. The number of hydrogen-bond donors (Lipinski definition) is 3. The summed E-state index contributed by atoms with van der Waals surface area (Å²) in [6.45, 7) is 1.76. The van der Waals surface area contributed by atoms with E-state index >= 15 is 0 Å². The molecule has 0 spiro atoms. The Bertz CT molecular complexity index is 424. The van der Waals surface area contributed by atoms with Crippen molar-refractivity contribution in [2.75, 3.05) is 12.3 Å². The van der Waals surface area contributed by atoms with Crippen LogP contribution in [0.25, 0.3) is 0 Å². The van der Waals surface area contributed by atoms with Gasteiger partial charge in [-0.15, -0.1) is 0 Å². The molecule has 17 heavy (non-hydrogen) atoms. The molecule has 0 saturated heterocycles. The molecule has 1 aromatic rings. The predicted octanol–water partition coefficient (Wildman–Crippen LogP) is 2.18. The van der Waals surface area contributed by atoms with Crippen LogP contribution in [0.1, 0.15) is 12.5 Å². The second-order valence-electron chi connectivity index (χ2n) is 3.80. The largest absolute Gasteiger partial charge is 0.480 e. The van der Waals surface area contributed by atoms with Gasteiger partial charge >= 0.3 is 5.97 Å². The molecule has 0 aliphatic carbocycles. The van der Waals surface area contributed by atoms with Gasteiger partial charge in [-0.2, -0.15) is 0 Å². The van der Waals surface area contributed by atoms with Gasteiger partial charge in [0.25, 0.3) is 0 Å². The van der Waals surface area contributed by atoms with Crippen LogP contribution in [0.2, 0.25) is 10.0 Å². The van der Waals surface area contributed by atoms with Gasteiger partial charge in [-0.3, -0.25) is 4.79 Å². The molecule has 0 aliphatic heterocycles. The Balaban J connectivity index is 2.74. The van der Waals surface area contributed by atoms with Crippen LogP contribution < -0.4 is 11.1 Å². The molecule has 1 aromatic carbocycles. The molecule has 1 rings (SSSR count). The molecule has 0 aliphatic rings. The average molecular weight is 277 g/mol. The smallest absolute Gasteiger partial charge is 0.317 e. The summed E-state index contributed by atoms with van der Waals surface area (Å²) in [6.07, 6.45) is 0.526. The Hall–Kier alpha value is -0.970. The lowest BCUT2D eigenvalue weighted by Crippen LogP contribution is -2.33. The van der Waals surface area contributed by atoms with Crippen LogP contribution in [-0.2, 0) is 11.2 Å². The fourth-order valence-electron chi connectivity index (χ4n) is 1.46. The maximum Gasteiger partial charge on any atom is 0.317 e. The number of carbonyl (C=O) groups is 1. The minimum atomic E-state index is -0.901. The highest BCUT2D eigenvalue weighted by Crippen LogP contribution is 2.30. The number of carboxylic acids is 1. The standard InChI is InChI=1S/C11H14Cl2N2O2/c1-6(15-5-10(16)17)4-7-8(12)2-3-9(13)11(7)14/h2-3,6,15H,4-5,14H2,1H3,(H,16,17). The topological polar surface area (TPSA) is 75.3 Å².